The van der Waals surface area contributed by atoms with E-state index in [0.29, 0.717) is 6.04 Å². The summed E-state index contributed by atoms with van der Waals surface area (Å²) >= 11 is 5.47. The second-order valence-electron chi connectivity index (χ2n) is 6.05. The van der Waals surface area contributed by atoms with Crippen LogP contribution in [0.25, 0.3) is 0 Å². The monoisotopic (exact) mass is 254 g/mol. The van der Waals surface area contributed by atoms with Gasteiger partial charge in [-0.2, -0.15) is 0 Å². The SMILES string of the molecule is CC1(NC(=S)NC2CCCCC2)CCCCC1. The van der Waals surface area contributed by atoms with Gasteiger partial charge in [-0.25, -0.2) is 0 Å². The van der Waals surface area contributed by atoms with Crippen molar-refractivity contribution >= 4 is 17.3 Å². The highest BCUT2D eigenvalue weighted by atomic mass is 32.1. The van der Waals surface area contributed by atoms with E-state index >= 15 is 0 Å². The molecule has 2 aliphatic carbocycles. The lowest BCUT2D eigenvalue weighted by Gasteiger charge is -2.36. The second kappa shape index (κ2) is 6.03. The van der Waals surface area contributed by atoms with E-state index in [0.717, 1.165) is 5.11 Å². The Morgan fingerprint density at radius 3 is 2.24 bits per heavy atom. The van der Waals surface area contributed by atoms with Crippen molar-refractivity contribution in [1.29, 1.82) is 0 Å². The molecule has 0 aromatic rings. The molecule has 98 valence electrons. The van der Waals surface area contributed by atoms with Crippen molar-refractivity contribution in [2.75, 3.05) is 0 Å². The van der Waals surface area contributed by atoms with Gasteiger partial charge in [-0.3, -0.25) is 0 Å². The molecule has 0 aromatic carbocycles. The van der Waals surface area contributed by atoms with Crippen LogP contribution in [0.3, 0.4) is 0 Å². The fourth-order valence-corrected chi connectivity index (χ4v) is 3.61. The van der Waals surface area contributed by atoms with Gasteiger partial charge in [0.05, 0.1) is 0 Å². The van der Waals surface area contributed by atoms with Crippen molar-refractivity contribution in [3.8, 4) is 0 Å². The number of hydrogen-bond acceptors (Lipinski definition) is 1. The zero-order valence-electron chi connectivity index (χ0n) is 11.1. The van der Waals surface area contributed by atoms with Gasteiger partial charge in [-0.05, 0) is 44.8 Å². The Kier molecular flexibility index (Phi) is 4.66. The van der Waals surface area contributed by atoms with Crippen molar-refractivity contribution in [3.05, 3.63) is 0 Å². The molecule has 0 heterocycles. The molecule has 0 amide bonds. The Morgan fingerprint density at radius 2 is 1.59 bits per heavy atom. The lowest BCUT2D eigenvalue weighted by atomic mass is 9.83. The van der Waals surface area contributed by atoms with E-state index in [2.05, 4.69) is 17.6 Å². The van der Waals surface area contributed by atoms with E-state index in [1.165, 1.54) is 64.2 Å². The van der Waals surface area contributed by atoms with Crippen LogP contribution in [0.2, 0.25) is 0 Å². The average Bonchev–Trinajstić information content (AvgIpc) is 2.30. The zero-order chi connectivity index (χ0) is 12.1. The highest BCUT2D eigenvalue weighted by Crippen LogP contribution is 2.27. The van der Waals surface area contributed by atoms with E-state index in [1.54, 1.807) is 0 Å². The topological polar surface area (TPSA) is 24.1 Å². The third kappa shape index (κ3) is 4.13. The van der Waals surface area contributed by atoms with Gasteiger partial charge in [0.15, 0.2) is 5.11 Å². The standard InChI is InChI=1S/C14H26N2S/c1-14(10-6-3-7-11-14)16-13(17)15-12-8-4-2-5-9-12/h12H,2-11H2,1H3,(H2,15,16,17). The highest BCUT2D eigenvalue weighted by molar-refractivity contribution is 7.80. The fourth-order valence-electron chi connectivity index (χ4n) is 3.20. The van der Waals surface area contributed by atoms with Crippen molar-refractivity contribution in [3.63, 3.8) is 0 Å². The maximum Gasteiger partial charge on any atom is 0.166 e. The summed E-state index contributed by atoms with van der Waals surface area (Å²) in [6.07, 6.45) is 13.3. The molecule has 0 bridgehead atoms. The molecular weight excluding hydrogens is 228 g/mol. The smallest absolute Gasteiger partial charge is 0.166 e. The lowest BCUT2D eigenvalue weighted by molar-refractivity contribution is 0.287. The van der Waals surface area contributed by atoms with Crippen LogP contribution in [0.1, 0.15) is 71.1 Å². The molecule has 2 N–H and O–H groups in total. The molecule has 3 heteroatoms. The predicted molar refractivity (Wildman–Crippen MR) is 77.2 cm³/mol. The van der Waals surface area contributed by atoms with Crippen LogP contribution in [0, 0.1) is 0 Å². The lowest BCUT2D eigenvalue weighted by Crippen LogP contribution is -2.53. The molecule has 0 atom stereocenters. The van der Waals surface area contributed by atoms with E-state index in [9.17, 15) is 0 Å². The van der Waals surface area contributed by atoms with E-state index in [4.69, 9.17) is 12.2 Å². The maximum atomic E-state index is 5.47. The Bertz CT molecular complexity index is 253. The molecule has 2 fully saturated rings. The Labute approximate surface area is 111 Å². The van der Waals surface area contributed by atoms with Crippen molar-refractivity contribution < 1.29 is 0 Å². The first-order valence-corrected chi connectivity index (χ1v) is 7.67. The van der Waals surface area contributed by atoms with Crippen LogP contribution in [0.5, 0.6) is 0 Å². The van der Waals surface area contributed by atoms with E-state index in [-0.39, 0.29) is 5.54 Å². The third-order valence-electron chi connectivity index (χ3n) is 4.31. The summed E-state index contributed by atoms with van der Waals surface area (Å²) in [6.45, 7) is 2.32. The molecule has 0 aliphatic heterocycles. The predicted octanol–water partition coefficient (Wildman–Crippen LogP) is 3.51. The summed E-state index contributed by atoms with van der Waals surface area (Å²) in [4.78, 5) is 0. The molecule has 17 heavy (non-hydrogen) atoms. The van der Waals surface area contributed by atoms with Gasteiger partial charge >= 0.3 is 0 Å². The van der Waals surface area contributed by atoms with Crippen LogP contribution in [0.4, 0.5) is 0 Å². The molecule has 0 saturated heterocycles. The van der Waals surface area contributed by atoms with Gasteiger partial charge in [-0.1, -0.05) is 38.5 Å². The van der Waals surface area contributed by atoms with Gasteiger partial charge < -0.3 is 10.6 Å². The normalized spacial score (nSPS) is 25.2. The quantitative estimate of drug-likeness (QED) is 0.738. The average molecular weight is 254 g/mol. The van der Waals surface area contributed by atoms with Crippen LogP contribution in [-0.2, 0) is 0 Å². The fraction of sp³-hybridized carbons (Fsp3) is 0.929. The van der Waals surface area contributed by atoms with Crippen LogP contribution in [-0.4, -0.2) is 16.7 Å². The van der Waals surface area contributed by atoms with Gasteiger partial charge in [0.2, 0.25) is 0 Å². The summed E-state index contributed by atoms with van der Waals surface area (Å²) in [5.74, 6) is 0. The molecule has 0 spiro atoms. The molecule has 0 radical (unpaired) electrons. The second-order valence-corrected chi connectivity index (χ2v) is 6.46. The van der Waals surface area contributed by atoms with Gasteiger partial charge in [0.25, 0.3) is 0 Å². The minimum absolute atomic E-state index is 0.247. The minimum Gasteiger partial charge on any atom is -0.360 e. The molecule has 2 saturated carbocycles. The highest BCUT2D eigenvalue weighted by Gasteiger charge is 2.27. The number of rotatable bonds is 2. The molecule has 2 aliphatic rings. The van der Waals surface area contributed by atoms with Crippen molar-refractivity contribution in [2.45, 2.75) is 82.7 Å². The Morgan fingerprint density at radius 1 is 1.00 bits per heavy atom. The maximum absolute atomic E-state index is 5.47. The van der Waals surface area contributed by atoms with Crippen LogP contribution >= 0.6 is 12.2 Å². The number of nitrogens with one attached hydrogen (secondary N) is 2. The van der Waals surface area contributed by atoms with Gasteiger partial charge in [0, 0.05) is 11.6 Å². The number of thiocarbonyl (C=S) groups is 1. The largest absolute Gasteiger partial charge is 0.360 e. The van der Waals surface area contributed by atoms with Gasteiger partial charge in [0.1, 0.15) is 0 Å². The first-order chi connectivity index (χ1) is 8.18. The third-order valence-corrected chi connectivity index (χ3v) is 4.53. The van der Waals surface area contributed by atoms with Crippen LogP contribution < -0.4 is 10.6 Å². The molecule has 2 nitrogen and oxygen atoms in total. The van der Waals surface area contributed by atoms with Gasteiger partial charge in [-0.15, -0.1) is 0 Å². The molecule has 0 unspecified atom stereocenters. The van der Waals surface area contributed by atoms with Crippen molar-refractivity contribution in [2.24, 2.45) is 0 Å². The van der Waals surface area contributed by atoms with Crippen molar-refractivity contribution in [1.82, 2.24) is 10.6 Å². The summed E-state index contributed by atoms with van der Waals surface area (Å²) in [6, 6.07) is 0.621. The summed E-state index contributed by atoms with van der Waals surface area (Å²) in [5.41, 5.74) is 0.247. The minimum atomic E-state index is 0.247. The molecule has 2 rings (SSSR count). The zero-order valence-corrected chi connectivity index (χ0v) is 11.9. The molecule has 0 aromatic heterocycles. The molecular formula is C14H26N2S. The first-order valence-electron chi connectivity index (χ1n) is 7.27. The Hall–Kier alpha value is -0.310. The first kappa shape index (κ1) is 13.1. The summed E-state index contributed by atoms with van der Waals surface area (Å²) in [7, 11) is 0. The van der Waals surface area contributed by atoms with E-state index in [1.807, 2.05) is 0 Å². The van der Waals surface area contributed by atoms with E-state index < -0.39 is 0 Å². The number of hydrogen-bond donors (Lipinski definition) is 2. The Balaban J connectivity index is 1.75. The van der Waals surface area contributed by atoms with Crippen LogP contribution in [0.15, 0.2) is 0 Å². The summed E-state index contributed by atoms with van der Waals surface area (Å²) in [5, 5.41) is 7.96. The summed E-state index contributed by atoms with van der Waals surface area (Å²) < 4.78 is 0.